The summed E-state index contributed by atoms with van der Waals surface area (Å²) in [7, 11) is -8.37. The van der Waals surface area contributed by atoms with Gasteiger partial charge in [-0.1, -0.05) is 237 Å². The molecule has 0 aliphatic heterocycles. The van der Waals surface area contributed by atoms with Gasteiger partial charge in [-0.3, -0.25) is 0 Å². The number of benzene rings is 4. The second-order valence-electron chi connectivity index (χ2n) is 47.9. The molecular formula is C120H214O13Si2. The second kappa shape index (κ2) is 58.5. The van der Waals surface area contributed by atoms with E-state index in [1.54, 1.807) is 0 Å². The molecule has 0 heterocycles. The lowest BCUT2D eigenvalue weighted by molar-refractivity contribution is 0.0634. The summed E-state index contributed by atoms with van der Waals surface area (Å²) in [5.41, 5.74) is -8.97. The van der Waals surface area contributed by atoms with Gasteiger partial charge < -0.3 is 61.0 Å². The van der Waals surface area contributed by atoms with E-state index in [9.17, 15) is 4.12 Å². The van der Waals surface area contributed by atoms with Gasteiger partial charge in [0.25, 0.3) is 0 Å². The van der Waals surface area contributed by atoms with Crippen LogP contribution in [0.2, 0.25) is 0 Å². The maximum Gasteiger partial charge on any atom is 0.245 e. The Hall–Kier alpha value is -5.13. The van der Waals surface area contributed by atoms with Gasteiger partial charge in [0.1, 0.15) is 90.2 Å². The lowest BCUT2D eigenvalue weighted by Gasteiger charge is -2.40. The SMILES string of the molecule is CCCCCC(C)(C)Oc1ccc(OC(C)(C)CCCCC)c([SiH](O[SiH](c2c(OC(C)(C)CCCCC)ccc(OC(C)(C)CCCCC)c2OC(C)(C)CCCCC)c2c(OC(C)(C)CCCCC)ccc(OC(C)(C)CCCCC)c2OC(C)(C)CCCCC)c2c(OC(C)(C)CCCCC)ccc(OC(C)(C)CCCCC)c2OC(C)(C)CCCCC)c1OC(C)(C)CCCCC. The highest BCUT2D eigenvalue weighted by Gasteiger charge is 2.49. The first-order valence-corrected chi connectivity index (χ1v) is 59.1. The summed E-state index contributed by atoms with van der Waals surface area (Å²) < 4.78 is 110. The minimum Gasteiger partial charge on any atom is -0.488 e. The number of rotatable bonds is 78. The minimum absolute atomic E-state index is 0.583. The quantitative estimate of drug-likeness (QED) is 0.0308. The number of hydrogen-bond acceptors (Lipinski definition) is 13. The standard InChI is InChI=1S/C120H214O13Si2/c1-37-49-61-81-109(13,14)121-93-73-77-97(125-113(21,22)85-65-53-41-5)105(101(93)129-117(29,30)89-69-57-45-9)134(106-98(126-114(23,24)86-66-54-42-6)78-74-94(122-110(15,16)82-62-50-38-2)102(106)130-118(31,32)90-70-58-46-10)133-135(107-99(127-115(25,26)87-67-55-43-7)79-75-95(123-111(17,18)83-63-51-39-3)103(107)131-119(33,34)91-71-59-47-11)108-100(128-116(27,28)88-68-56-44-8)80-76-96(124-112(19,20)84-64-52-40-4)104(108)132-120(35,36)92-72-60-48-12/h73-80,134-135H,37-72,81-92H2,1-36H3. The fraction of sp³-hybridized carbons (Fsp3) is 0.800. The number of hydrogen-bond donors (Lipinski definition) is 0. The number of unbranched alkanes of at least 4 members (excludes halogenated alkanes) is 24. The van der Waals surface area contributed by atoms with Crippen molar-refractivity contribution in [2.75, 3.05) is 0 Å². The molecule has 0 amide bonds. The first-order chi connectivity index (χ1) is 63.3. The van der Waals surface area contributed by atoms with Gasteiger partial charge in [0, 0.05) is 0 Å². The maximum atomic E-state index is 10.1. The zero-order valence-electron chi connectivity index (χ0n) is 95.0. The average Bonchev–Trinajstić information content (AvgIpc) is 0.731. The molecule has 4 aromatic carbocycles. The monoisotopic (exact) mass is 1920 g/mol. The molecule has 0 atom stereocenters. The Morgan fingerprint density at radius 2 is 0.252 bits per heavy atom. The fourth-order valence-corrected chi connectivity index (χ4v) is 26.0. The van der Waals surface area contributed by atoms with Crippen molar-refractivity contribution in [3.8, 4) is 69.0 Å². The highest BCUT2D eigenvalue weighted by molar-refractivity contribution is 6.94. The van der Waals surface area contributed by atoms with Crippen LogP contribution in [0.3, 0.4) is 0 Å². The first kappa shape index (κ1) is 122. The molecule has 0 unspecified atom stereocenters. The van der Waals surface area contributed by atoms with Crippen molar-refractivity contribution in [2.24, 2.45) is 0 Å². The Balaban J connectivity index is 3.15. The van der Waals surface area contributed by atoms with Crippen molar-refractivity contribution in [3.63, 3.8) is 0 Å². The Morgan fingerprint density at radius 3 is 0.370 bits per heavy atom. The molecule has 0 saturated carbocycles. The van der Waals surface area contributed by atoms with Crippen LogP contribution in [-0.4, -0.2) is 85.3 Å². The molecule has 780 valence electrons. The smallest absolute Gasteiger partial charge is 0.245 e. The van der Waals surface area contributed by atoms with Crippen molar-refractivity contribution in [2.45, 2.75) is 625 Å². The molecule has 0 fully saturated rings. The van der Waals surface area contributed by atoms with Crippen LogP contribution in [0.5, 0.6) is 69.0 Å². The summed E-state index contributed by atoms with van der Waals surface area (Å²) >= 11 is 0. The van der Waals surface area contributed by atoms with Gasteiger partial charge >= 0.3 is 0 Å². The third-order valence-corrected chi connectivity index (χ3v) is 33.5. The topological polar surface area (TPSA) is 120 Å². The van der Waals surface area contributed by atoms with Gasteiger partial charge in [-0.2, -0.15) is 0 Å². The van der Waals surface area contributed by atoms with Crippen LogP contribution in [0.15, 0.2) is 48.5 Å². The van der Waals surface area contributed by atoms with Crippen LogP contribution in [0.1, 0.15) is 557 Å². The molecule has 0 spiro atoms. The molecule has 4 rings (SSSR count). The van der Waals surface area contributed by atoms with Crippen molar-refractivity contribution in [3.05, 3.63) is 48.5 Å². The van der Waals surface area contributed by atoms with Crippen molar-refractivity contribution in [1.29, 1.82) is 0 Å². The van der Waals surface area contributed by atoms with E-state index in [-0.39, 0.29) is 0 Å². The van der Waals surface area contributed by atoms with Crippen LogP contribution in [0.25, 0.3) is 0 Å². The highest BCUT2D eigenvalue weighted by Crippen LogP contribution is 2.48. The lowest BCUT2D eigenvalue weighted by Crippen LogP contribution is -2.59. The van der Waals surface area contributed by atoms with E-state index >= 15 is 0 Å². The van der Waals surface area contributed by atoms with Crippen LogP contribution >= 0.6 is 0 Å². The summed E-state index contributed by atoms with van der Waals surface area (Å²) in [6.45, 7) is 82.2. The van der Waals surface area contributed by atoms with Gasteiger partial charge in [-0.05, 0) is 369 Å². The molecule has 0 N–H and O–H groups in total. The molecule has 13 nitrogen and oxygen atoms in total. The predicted molar refractivity (Wildman–Crippen MR) is 586 cm³/mol. The Morgan fingerprint density at radius 1 is 0.148 bits per heavy atom. The maximum absolute atomic E-state index is 10.1. The molecule has 4 aromatic rings. The Bertz CT molecular complexity index is 3440. The molecule has 0 saturated heterocycles. The lowest BCUT2D eigenvalue weighted by atomic mass is 9.99. The fourth-order valence-electron chi connectivity index (χ4n) is 18.7. The zero-order valence-corrected chi connectivity index (χ0v) is 97.3. The molecule has 0 bridgehead atoms. The zero-order chi connectivity index (χ0) is 101. The Kier molecular flexibility index (Phi) is 52.9. The van der Waals surface area contributed by atoms with Crippen molar-refractivity contribution < 1.29 is 61.0 Å². The van der Waals surface area contributed by atoms with Gasteiger partial charge in [-0.25, -0.2) is 0 Å². The predicted octanol–water partition coefficient (Wildman–Crippen LogP) is 34.9. The van der Waals surface area contributed by atoms with Crippen LogP contribution in [0.4, 0.5) is 0 Å². The number of ether oxygens (including phenoxy) is 12. The minimum atomic E-state index is -4.19. The molecule has 135 heavy (non-hydrogen) atoms. The summed E-state index contributed by atoms with van der Waals surface area (Å²) in [5.74, 6) is 7.38. The Labute approximate surface area is 836 Å². The van der Waals surface area contributed by atoms with Gasteiger partial charge in [-0.15, -0.1) is 0 Å². The summed E-state index contributed by atoms with van der Waals surface area (Å²) in [5, 5.41) is 3.08. The van der Waals surface area contributed by atoms with E-state index < -0.39 is 85.3 Å². The molecule has 15 heteroatoms. The van der Waals surface area contributed by atoms with Gasteiger partial charge in [0.2, 0.25) is 18.1 Å². The van der Waals surface area contributed by atoms with Gasteiger partial charge in [0.15, 0.2) is 46.0 Å². The molecule has 0 radical (unpaired) electrons. The van der Waals surface area contributed by atoms with Crippen LogP contribution in [-0.2, 0) is 4.12 Å². The van der Waals surface area contributed by atoms with E-state index in [4.69, 9.17) is 56.8 Å². The van der Waals surface area contributed by atoms with Crippen molar-refractivity contribution >= 4 is 38.8 Å². The largest absolute Gasteiger partial charge is 0.488 e. The van der Waals surface area contributed by atoms with E-state index in [1.165, 1.54) is 0 Å². The average molecular weight is 1920 g/mol. The van der Waals surface area contributed by atoms with E-state index in [1.807, 2.05) is 0 Å². The molecule has 0 aliphatic carbocycles. The third kappa shape index (κ3) is 44.9. The third-order valence-electron chi connectivity index (χ3n) is 27.0. The molecule has 0 aliphatic rings. The first-order valence-electron chi connectivity index (χ1n) is 55.9. The molecular weight excluding hydrogens is 1710 g/mol. The van der Waals surface area contributed by atoms with E-state index in [0.29, 0.717) is 69.0 Å². The van der Waals surface area contributed by atoms with Crippen LogP contribution < -0.4 is 77.6 Å². The normalized spacial score (nSPS) is 13.1. The van der Waals surface area contributed by atoms with Crippen LogP contribution in [0, 0.1) is 0 Å². The summed E-state index contributed by atoms with van der Waals surface area (Å²) in [4.78, 5) is 0. The summed E-state index contributed by atoms with van der Waals surface area (Å²) in [6, 6.07) is 17.6. The van der Waals surface area contributed by atoms with Crippen molar-refractivity contribution in [1.82, 2.24) is 0 Å². The second-order valence-corrected chi connectivity index (χ2v) is 52.9. The molecule has 0 aromatic heterocycles. The van der Waals surface area contributed by atoms with E-state index in [2.05, 4.69) is 298 Å². The van der Waals surface area contributed by atoms with E-state index in [0.717, 1.165) is 329 Å². The van der Waals surface area contributed by atoms with Gasteiger partial charge in [0.05, 0.1) is 20.7 Å². The summed E-state index contributed by atoms with van der Waals surface area (Å²) in [6.07, 6.45) is 46.3. The highest BCUT2D eigenvalue weighted by atomic mass is 28.4.